The van der Waals surface area contributed by atoms with E-state index in [1.165, 1.54) is 19.3 Å². The van der Waals surface area contributed by atoms with E-state index in [-0.39, 0.29) is 0 Å². The van der Waals surface area contributed by atoms with Gasteiger partial charge >= 0.3 is 0 Å². The molecule has 0 spiro atoms. The lowest BCUT2D eigenvalue weighted by Crippen LogP contribution is -2.38. The summed E-state index contributed by atoms with van der Waals surface area (Å²) in [5.41, 5.74) is 0. The fourth-order valence-electron chi connectivity index (χ4n) is 2.49. The standard InChI is InChI=1S/C14H26N6/c1-3-9-16-14(15-2)17-10-8-13-19-18-12-7-5-4-6-11-20(12)13/h3-11H2,1-2H3,(H2,15,16,17). The van der Waals surface area contributed by atoms with Gasteiger partial charge in [-0.15, -0.1) is 10.2 Å². The number of aromatic nitrogens is 3. The van der Waals surface area contributed by atoms with Gasteiger partial charge in [0.25, 0.3) is 0 Å². The summed E-state index contributed by atoms with van der Waals surface area (Å²) in [7, 11) is 1.80. The molecule has 112 valence electrons. The third kappa shape index (κ3) is 3.95. The quantitative estimate of drug-likeness (QED) is 0.626. The fourth-order valence-corrected chi connectivity index (χ4v) is 2.49. The summed E-state index contributed by atoms with van der Waals surface area (Å²) < 4.78 is 2.30. The van der Waals surface area contributed by atoms with Gasteiger partial charge in [0.1, 0.15) is 11.6 Å². The van der Waals surface area contributed by atoms with Crippen LogP contribution < -0.4 is 10.6 Å². The van der Waals surface area contributed by atoms with E-state index >= 15 is 0 Å². The van der Waals surface area contributed by atoms with E-state index in [0.717, 1.165) is 56.5 Å². The average Bonchev–Trinajstić information content (AvgIpc) is 2.70. The summed E-state index contributed by atoms with van der Waals surface area (Å²) in [5.74, 6) is 3.12. The molecule has 2 N–H and O–H groups in total. The first kappa shape index (κ1) is 14.8. The average molecular weight is 278 g/mol. The van der Waals surface area contributed by atoms with Crippen LogP contribution in [0.3, 0.4) is 0 Å². The van der Waals surface area contributed by atoms with Crippen LogP contribution in [0, 0.1) is 0 Å². The van der Waals surface area contributed by atoms with Gasteiger partial charge in [-0.25, -0.2) is 0 Å². The van der Waals surface area contributed by atoms with Crippen LogP contribution in [0.2, 0.25) is 0 Å². The molecule has 0 aliphatic carbocycles. The van der Waals surface area contributed by atoms with Crippen molar-refractivity contribution in [1.29, 1.82) is 0 Å². The highest BCUT2D eigenvalue weighted by molar-refractivity contribution is 5.79. The molecule has 2 rings (SSSR count). The highest BCUT2D eigenvalue weighted by atomic mass is 15.3. The van der Waals surface area contributed by atoms with Crippen LogP contribution in [0.4, 0.5) is 0 Å². The highest BCUT2D eigenvalue weighted by Gasteiger charge is 2.14. The Hall–Kier alpha value is -1.59. The maximum Gasteiger partial charge on any atom is 0.190 e. The van der Waals surface area contributed by atoms with Crippen molar-refractivity contribution in [1.82, 2.24) is 25.4 Å². The van der Waals surface area contributed by atoms with Crippen molar-refractivity contribution in [3.8, 4) is 0 Å². The Morgan fingerprint density at radius 1 is 1.20 bits per heavy atom. The predicted molar refractivity (Wildman–Crippen MR) is 80.9 cm³/mol. The molecule has 0 saturated carbocycles. The van der Waals surface area contributed by atoms with Gasteiger partial charge in [0.05, 0.1) is 0 Å². The van der Waals surface area contributed by atoms with Gasteiger partial charge in [0.15, 0.2) is 5.96 Å². The van der Waals surface area contributed by atoms with Crippen molar-refractivity contribution in [2.75, 3.05) is 20.1 Å². The maximum absolute atomic E-state index is 4.34. The van der Waals surface area contributed by atoms with Gasteiger partial charge in [-0.2, -0.15) is 0 Å². The predicted octanol–water partition coefficient (Wildman–Crippen LogP) is 1.12. The zero-order valence-electron chi connectivity index (χ0n) is 12.7. The molecule has 0 radical (unpaired) electrons. The van der Waals surface area contributed by atoms with Crippen molar-refractivity contribution in [3.63, 3.8) is 0 Å². The topological polar surface area (TPSA) is 67.1 Å². The number of hydrogen-bond acceptors (Lipinski definition) is 3. The van der Waals surface area contributed by atoms with E-state index in [0.29, 0.717) is 0 Å². The van der Waals surface area contributed by atoms with Crippen LogP contribution in [0.5, 0.6) is 0 Å². The van der Waals surface area contributed by atoms with Crippen LogP contribution in [-0.4, -0.2) is 40.9 Å². The molecule has 20 heavy (non-hydrogen) atoms. The molecule has 1 aliphatic heterocycles. The first-order chi connectivity index (χ1) is 9.85. The van der Waals surface area contributed by atoms with Crippen molar-refractivity contribution in [3.05, 3.63) is 11.6 Å². The number of aryl methyl sites for hydroxylation is 1. The van der Waals surface area contributed by atoms with E-state index in [1.54, 1.807) is 7.05 Å². The molecule has 0 aromatic carbocycles. The van der Waals surface area contributed by atoms with Crippen LogP contribution in [-0.2, 0) is 19.4 Å². The molecular weight excluding hydrogens is 252 g/mol. The van der Waals surface area contributed by atoms with E-state index in [2.05, 4.69) is 37.3 Å². The van der Waals surface area contributed by atoms with Crippen LogP contribution >= 0.6 is 0 Å². The van der Waals surface area contributed by atoms with Gasteiger partial charge in [0, 0.05) is 39.5 Å². The second-order valence-corrected chi connectivity index (χ2v) is 5.17. The Kier molecular flexibility index (Phi) is 5.83. The third-order valence-electron chi connectivity index (χ3n) is 3.59. The van der Waals surface area contributed by atoms with Crippen LogP contribution in [0.15, 0.2) is 4.99 Å². The third-order valence-corrected chi connectivity index (χ3v) is 3.59. The number of hydrogen-bond donors (Lipinski definition) is 2. The van der Waals surface area contributed by atoms with Crippen molar-refractivity contribution in [2.24, 2.45) is 4.99 Å². The molecule has 1 aliphatic rings. The summed E-state index contributed by atoms with van der Waals surface area (Å²) in [6.07, 6.45) is 6.84. The Morgan fingerprint density at radius 3 is 2.85 bits per heavy atom. The Labute approximate surface area is 121 Å². The summed E-state index contributed by atoms with van der Waals surface area (Å²) in [5, 5.41) is 15.3. The number of aliphatic imine (C=N–C) groups is 1. The lowest BCUT2D eigenvalue weighted by Gasteiger charge is -2.11. The molecule has 0 atom stereocenters. The van der Waals surface area contributed by atoms with E-state index in [9.17, 15) is 0 Å². The second kappa shape index (κ2) is 7.87. The first-order valence-corrected chi connectivity index (χ1v) is 7.70. The van der Waals surface area contributed by atoms with Crippen molar-refractivity contribution >= 4 is 5.96 Å². The van der Waals surface area contributed by atoms with Gasteiger partial charge in [-0.05, 0) is 19.3 Å². The Balaban J connectivity index is 1.83. The number of guanidine groups is 1. The van der Waals surface area contributed by atoms with Gasteiger partial charge in [-0.1, -0.05) is 13.3 Å². The molecule has 0 amide bonds. The van der Waals surface area contributed by atoms with E-state index in [4.69, 9.17) is 0 Å². The first-order valence-electron chi connectivity index (χ1n) is 7.70. The maximum atomic E-state index is 4.34. The van der Waals surface area contributed by atoms with Crippen LogP contribution in [0.1, 0.15) is 44.3 Å². The summed E-state index contributed by atoms with van der Waals surface area (Å²) in [4.78, 5) is 4.20. The number of rotatable bonds is 5. The molecule has 1 aromatic rings. The summed E-state index contributed by atoms with van der Waals surface area (Å²) in [6.45, 7) is 4.99. The minimum absolute atomic E-state index is 0.835. The highest BCUT2D eigenvalue weighted by Crippen LogP contribution is 2.14. The van der Waals surface area contributed by atoms with E-state index in [1.807, 2.05) is 0 Å². The smallest absolute Gasteiger partial charge is 0.190 e. The van der Waals surface area contributed by atoms with Crippen molar-refractivity contribution in [2.45, 2.75) is 52.0 Å². The van der Waals surface area contributed by atoms with E-state index < -0.39 is 0 Å². The normalized spacial score (nSPS) is 15.6. The fraction of sp³-hybridized carbons (Fsp3) is 0.786. The van der Waals surface area contributed by atoms with Crippen LogP contribution in [0.25, 0.3) is 0 Å². The molecule has 0 bridgehead atoms. The zero-order valence-corrected chi connectivity index (χ0v) is 12.7. The minimum atomic E-state index is 0.835. The molecule has 0 fully saturated rings. The molecule has 6 nitrogen and oxygen atoms in total. The van der Waals surface area contributed by atoms with Crippen molar-refractivity contribution < 1.29 is 0 Å². The lowest BCUT2D eigenvalue weighted by molar-refractivity contribution is 0.600. The van der Waals surface area contributed by atoms with Gasteiger partial charge in [-0.3, -0.25) is 4.99 Å². The summed E-state index contributed by atoms with van der Waals surface area (Å²) >= 11 is 0. The molecule has 6 heteroatoms. The molecular formula is C14H26N6. The largest absolute Gasteiger partial charge is 0.356 e. The molecule has 1 aromatic heterocycles. The zero-order chi connectivity index (χ0) is 14.2. The number of fused-ring (bicyclic) bond motifs is 1. The Bertz CT molecular complexity index is 437. The number of nitrogens with zero attached hydrogens (tertiary/aromatic N) is 4. The molecule has 0 saturated heterocycles. The minimum Gasteiger partial charge on any atom is -0.356 e. The molecule has 0 unspecified atom stereocenters. The number of nitrogens with one attached hydrogen (secondary N) is 2. The Morgan fingerprint density at radius 2 is 2.05 bits per heavy atom. The second-order valence-electron chi connectivity index (χ2n) is 5.17. The van der Waals surface area contributed by atoms with Gasteiger partial charge in [0.2, 0.25) is 0 Å². The molecule has 2 heterocycles. The lowest BCUT2D eigenvalue weighted by atomic mass is 10.2. The summed E-state index contributed by atoms with van der Waals surface area (Å²) in [6, 6.07) is 0. The SMILES string of the molecule is CCCNC(=NC)NCCc1nnc2n1CCCCC2. The monoisotopic (exact) mass is 278 g/mol. The van der Waals surface area contributed by atoms with Gasteiger partial charge < -0.3 is 15.2 Å².